The molecule has 0 unspecified atom stereocenters. The highest BCUT2D eigenvalue weighted by molar-refractivity contribution is 7.89. The van der Waals surface area contributed by atoms with Gasteiger partial charge in [-0.15, -0.1) is 0 Å². The standard InChI is InChI=1S/C18H24N4O2S/c1-2-20-18(21-12-11-15-7-4-3-5-8-15)22-14-16-9-6-10-17(13-16)25(19,23)24/h3-10,13H,2,11-12,14H2,1H3,(H2,19,23,24)(H2,20,21,22). The molecule has 0 spiro atoms. The predicted octanol–water partition coefficient (Wildman–Crippen LogP) is 1.63. The molecule has 4 N–H and O–H groups in total. The third kappa shape index (κ3) is 6.56. The molecular weight excluding hydrogens is 336 g/mol. The van der Waals surface area contributed by atoms with Crippen molar-refractivity contribution in [3.63, 3.8) is 0 Å². The Hall–Kier alpha value is -2.38. The summed E-state index contributed by atoms with van der Waals surface area (Å²) in [5.74, 6) is 0.694. The van der Waals surface area contributed by atoms with Gasteiger partial charge in [0.2, 0.25) is 10.0 Å². The molecule has 0 aromatic heterocycles. The minimum atomic E-state index is -3.70. The molecule has 25 heavy (non-hydrogen) atoms. The summed E-state index contributed by atoms with van der Waals surface area (Å²) in [6.45, 7) is 3.86. The first-order chi connectivity index (χ1) is 12.0. The van der Waals surface area contributed by atoms with Gasteiger partial charge in [-0.2, -0.15) is 0 Å². The van der Waals surface area contributed by atoms with E-state index in [0.29, 0.717) is 12.5 Å². The lowest BCUT2D eigenvalue weighted by Crippen LogP contribution is -2.38. The van der Waals surface area contributed by atoms with E-state index in [1.54, 1.807) is 12.1 Å². The van der Waals surface area contributed by atoms with Crippen molar-refractivity contribution in [3.8, 4) is 0 Å². The summed E-state index contributed by atoms with van der Waals surface area (Å²) >= 11 is 0. The van der Waals surface area contributed by atoms with Crippen LogP contribution >= 0.6 is 0 Å². The second kappa shape index (κ2) is 9.19. The number of guanidine groups is 1. The van der Waals surface area contributed by atoms with Crippen LogP contribution in [-0.4, -0.2) is 27.5 Å². The van der Waals surface area contributed by atoms with E-state index in [0.717, 1.165) is 25.1 Å². The molecule has 0 aliphatic carbocycles. The molecule has 2 aromatic rings. The number of hydrogen-bond acceptors (Lipinski definition) is 3. The molecule has 0 heterocycles. The maximum Gasteiger partial charge on any atom is 0.238 e. The summed E-state index contributed by atoms with van der Waals surface area (Å²) in [4.78, 5) is 4.60. The molecule has 134 valence electrons. The highest BCUT2D eigenvalue weighted by Gasteiger charge is 2.07. The van der Waals surface area contributed by atoms with Crippen LogP contribution in [0, 0.1) is 0 Å². The van der Waals surface area contributed by atoms with Gasteiger partial charge in [-0.25, -0.2) is 18.5 Å². The smallest absolute Gasteiger partial charge is 0.238 e. The zero-order chi connectivity index (χ0) is 18.1. The summed E-state index contributed by atoms with van der Waals surface area (Å²) < 4.78 is 22.8. The fourth-order valence-corrected chi connectivity index (χ4v) is 2.89. The molecule has 0 amide bonds. The molecule has 2 aromatic carbocycles. The van der Waals surface area contributed by atoms with Crippen LogP contribution in [0.1, 0.15) is 18.1 Å². The van der Waals surface area contributed by atoms with Crippen LogP contribution in [0.15, 0.2) is 64.5 Å². The van der Waals surface area contributed by atoms with Crippen LogP contribution in [0.25, 0.3) is 0 Å². The molecule has 6 nitrogen and oxygen atoms in total. The number of nitrogens with two attached hydrogens (primary N) is 1. The minimum Gasteiger partial charge on any atom is -0.357 e. The first-order valence-corrected chi connectivity index (χ1v) is 9.71. The summed E-state index contributed by atoms with van der Waals surface area (Å²) in [5.41, 5.74) is 2.04. The number of aliphatic imine (C=N–C) groups is 1. The monoisotopic (exact) mass is 360 g/mol. The van der Waals surface area contributed by atoms with Gasteiger partial charge in [-0.3, -0.25) is 0 Å². The van der Waals surface area contributed by atoms with Gasteiger partial charge in [0.25, 0.3) is 0 Å². The molecular formula is C18H24N4O2S. The second-order valence-electron chi connectivity index (χ2n) is 5.55. The first-order valence-electron chi connectivity index (χ1n) is 8.17. The Bertz CT molecular complexity index is 805. The molecule has 0 radical (unpaired) electrons. The van der Waals surface area contributed by atoms with Gasteiger partial charge in [-0.1, -0.05) is 42.5 Å². The molecule has 0 bridgehead atoms. The van der Waals surface area contributed by atoms with E-state index < -0.39 is 10.0 Å². The molecule has 0 saturated heterocycles. The van der Waals surface area contributed by atoms with E-state index in [-0.39, 0.29) is 4.90 Å². The predicted molar refractivity (Wildman–Crippen MR) is 101 cm³/mol. The van der Waals surface area contributed by atoms with Crippen molar-refractivity contribution in [2.75, 3.05) is 13.1 Å². The average Bonchev–Trinajstić information content (AvgIpc) is 2.60. The number of nitrogens with one attached hydrogen (secondary N) is 2. The zero-order valence-corrected chi connectivity index (χ0v) is 15.1. The quantitative estimate of drug-likeness (QED) is 0.516. The molecule has 0 aliphatic heterocycles. The van der Waals surface area contributed by atoms with Crippen molar-refractivity contribution in [1.29, 1.82) is 0 Å². The van der Waals surface area contributed by atoms with Crippen molar-refractivity contribution < 1.29 is 8.42 Å². The molecule has 0 aliphatic rings. The lowest BCUT2D eigenvalue weighted by molar-refractivity contribution is 0.597. The molecule has 2 rings (SSSR count). The second-order valence-corrected chi connectivity index (χ2v) is 7.11. The van der Waals surface area contributed by atoms with E-state index in [9.17, 15) is 8.42 Å². The SMILES string of the molecule is CCNC(=NCc1cccc(S(N)(=O)=O)c1)NCCc1ccccc1. The highest BCUT2D eigenvalue weighted by Crippen LogP contribution is 2.10. The fraction of sp³-hybridized carbons (Fsp3) is 0.278. The van der Waals surface area contributed by atoms with Crippen LogP contribution in [0.3, 0.4) is 0 Å². The van der Waals surface area contributed by atoms with Crippen LogP contribution in [0.4, 0.5) is 0 Å². The molecule has 0 fully saturated rings. The van der Waals surface area contributed by atoms with E-state index in [1.807, 2.05) is 31.2 Å². The first kappa shape index (κ1) is 19.0. The number of primary sulfonamides is 1. The van der Waals surface area contributed by atoms with E-state index >= 15 is 0 Å². The Morgan fingerprint density at radius 1 is 1.04 bits per heavy atom. The summed E-state index contributed by atoms with van der Waals surface area (Å²) in [6.07, 6.45) is 0.895. The average molecular weight is 360 g/mol. The Labute approximate surface area is 149 Å². The van der Waals surface area contributed by atoms with Crippen molar-refractivity contribution in [2.45, 2.75) is 24.8 Å². The number of sulfonamides is 1. The van der Waals surface area contributed by atoms with Crippen molar-refractivity contribution in [1.82, 2.24) is 10.6 Å². The van der Waals surface area contributed by atoms with Gasteiger partial charge in [-0.05, 0) is 36.6 Å². The third-order valence-electron chi connectivity index (χ3n) is 3.54. The molecule has 0 atom stereocenters. The van der Waals surface area contributed by atoms with Gasteiger partial charge in [0.15, 0.2) is 5.96 Å². The largest absolute Gasteiger partial charge is 0.357 e. The van der Waals surface area contributed by atoms with E-state index in [1.165, 1.54) is 11.6 Å². The number of nitrogens with zero attached hydrogens (tertiary/aromatic N) is 1. The molecule has 0 saturated carbocycles. The third-order valence-corrected chi connectivity index (χ3v) is 4.45. The van der Waals surface area contributed by atoms with Gasteiger partial charge >= 0.3 is 0 Å². The fourth-order valence-electron chi connectivity index (χ4n) is 2.30. The Balaban J connectivity index is 1.97. The topological polar surface area (TPSA) is 96.6 Å². The van der Waals surface area contributed by atoms with Crippen molar-refractivity contribution in [3.05, 3.63) is 65.7 Å². The Kier molecular flexibility index (Phi) is 6.97. The van der Waals surface area contributed by atoms with Crippen LogP contribution in [0.2, 0.25) is 0 Å². The van der Waals surface area contributed by atoms with Gasteiger partial charge < -0.3 is 10.6 Å². The Morgan fingerprint density at radius 2 is 1.76 bits per heavy atom. The maximum absolute atomic E-state index is 11.4. The number of rotatable bonds is 7. The van der Waals surface area contributed by atoms with E-state index in [2.05, 4.69) is 27.8 Å². The van der Waals surface area contributed by atoms with Gasteiger partial charge in [0, 0.05) is 13.1 Å². The van der Waals surface area contributed by atoms with Crippen LogP contribution in [-0.2, 0) is 23.0 Å². The van der Waals surface area contributed by atoms with Crippen LogP contribution in [0.5, 0.6) is 0 Å². The maximum atomic E-state index is 11.4. The summed E-state index contributed by atoms with van der Waals surface area (Å²) in [5, 5.41) is 11.6. The Morgan fingerprint density at radius 3 is 2.44 bits per heavy atom. The lowest BCUT2D eigenvalue weighted by atomic mass is 10.1. The number of hydrogen-bond donors (Lipinski definition) is 3. The van der Waals surface area contributed by atoms with Gasteiger partial charge in [0.1, 0.15) is 0 Å². The molecule has 7 heteroatoms. The number of benzene rings is 2. The van der Waals surface area contributed by atoms with E-state index in [4.69, 9.17) is 5.14 Å². The summed E-state index contributed by atoms with van der Waals surface area (Å²) in [6, 6.07) is 16.7. The van der Waals surface area contributed by atoms with Crippen molar-refractivity contribution in [2.24, 2.45) is 10.1 Å². The zero-order valence-electron chi connectivity index (χ0n) is 14.3. The normalized spacial score (nSPS) is 12.0. The lowest BCUT2D eigenvalue weighted by Gasteiger charge is -2.11. The van der Waals surface area contributed by atoms with Gasteiger partial charge in [0.05, 0.1) is 11.4 Å². The van der Waals surface area contributed by atoms with Crippen molar-refractivity contribution >= 4 is 16.0 Å². The summed E-state index contributed by atoms with van der Waals surface area (Å²) in [7, 11) is -3.70. The van der Waals surface area contributed by atoms with Crippen LogP contribution < -0.4 is 15.8 Å². The minimum absolute atomic E-state index is 0.0993. The highest BCUT2D eigenvalue weighted by atomic mass is 32.2.